The van der Waals surface area contributed by atoms with E-state index in [1.165, 1.54) is 0 Å². The Morgan fingerprint density at radius 1 is 1.53 bits per heavy atom. The molecule has 0 amide bonds. The maximum Gasteiger partial charge on any atom is 0.122 e. The van der Waals surface area contributed by atoms with E-state index in [2.05, 4.69) is 20.6 Å². The van der Waals surface area contributed by atoms with Crippen LogP contribution in [0.25, 0.3) is 0 Å². The van der Waals surface area contributed by atoms with Crippen LogP contribution in [0.15, 0.2) is 12.4 Å². The van der Waals surface area contributed by atoms with E-state index in [1.807, 2.05) is 29.4 Å². The molecular formula is C12H18N6O. The zero-order valence-corrected chi connectivity index (χ0v) is 11.2. The van der Waals surface area contributed by atoms with E-state index in [1.54, 1.807) is 6.20 Å². The van der Waals surface area contributed by atoms with Gasteiger partial charge in [0, 0.05) is 26.0 Å². The summed E-state index contributed by atoms with van der Waals surface area (Å²) in [4.78, 5) is 4.27. The minimum atomic E-state index is 0.133. The second kappa shape index (κ2) is 5.10. The molecule has 0 spiro atoms. The Bertz CT molecular complexity index is 560. The van der Waals surface area contributed by atoms with Gasteiger partial charge >= 0.3 is 0 Å². The maximum atomic E-state index is 5.80. The van der Waals surface area contributed by atoms with Crippen molar-refractivity contribution in [3.05, 3.63) is 29.6 Å². The van der Waals surface area contributed by atoms with Crippen LogP contribution in [-0.4, -0.2) is 37.2 Å². The molecule has 7 nitrogen and oxygen atoms in total. The van der Waals surface area contributed by atoms with Crippen LogP contribution in [0.5, 0.6) is 0 Å². The zero-order chi connectivity index (χ0) is 13.2. The summed E-state index contributed by atoms with van der Waals surface area (Å²) >= 11 is 0. The Labute approximate surface area is 111 Å². The van der Waals surface area contributed by atoms with E-state index in [0.29, 0.717) is 6.61 Å². The van der Waals surface area contributed by atoms with Crippen LogP contribution < -0.4 is 5.32 Å². The van der Waals surface area contributed by atoms with E-state index in [4.69, 9.17) is 4.74 Å². The van der Waals surface area contributed by atoms with Gasteiger partial charge in [-0.2, -0.15) is 0 Å². The monoisotopic (exact) mass is 262 g/mol. The first kappa shape index (κ1) is 12.3. The molecule has 3 rings (SSSR count). The van der Waals surface area contributed by atoms with Crippen LogP contribution in [0.2, 0.25) is 0 Å². The smallest absolute Gasteiger partial charge is 0.122 e. The Hall–Kier alpha value is -1.73. The molecule has 102 valence electrons. The highest BCUT2D eigenvalue weighted by molar-refractivity contribution is 5.08. The first-order valence-corrected chi connectivity index (χ1v) is 6.41. The van der Waals surface area contributed by atoms with E-state index in [9.17, 15) is 0 Å². The highest BCUT2D eigenvalue weighted by atomic mass is 16.5. The molecule has 0 unspecified atom stereocenters. The molecule has 0 aromatic carbocycles. The molecule has 2 aromatic rings. The van der Waals surface area contributed by atoms with Crippen molar-refractivity contribution in [3.63, 3.8) is 0 Å². The van der Waals surface area contributed by atoms with Crippen LogP contribution in [0.3, 0.4) is 0 Å². The number of ether oxygens (including phenoxy) is 1. The lowest BCUT2D eigenvalue weighted by Crippen LogP contribution is -2.36. The Balaban J connectivity index is 1.51. The molecule has 0 saturated carbocycles. The van der Waals surface area contributed by atoms with Gasteiger partial charge in [-0.05, 0) is 6.92 Å². The van der Waals surface area contributed by atoms with E-state index < -0.39 is 0 Å². The van der Waals surface area contributed by atoms with E-state index >= 15 is 0 Å². The lowest BCUT2D eigenvalue weighted by molar-refractivity contribution is 0.000590. The number of hydrogen-bond acceptors (Lipinski definition) is 5. The third kappa shape index (κ3) is 2.52. The van der Waals surface area contributed by atoms with Crippen LogP contribution >= 0.6 is 0 Å². The van der Waals surface area contributed by atoms with Crippen molar-refractivity contribution < 1.29 is 4.74 Å². The van der Waals surface area contributed by atoms with Gasteiger partial charge in [-0.3, -0.25) is 0 Å². The number of imidazole rings is 1. The number of fused-ring (bicyclic) bond motifs is 1. The summed E-state index contributed by atoms with van der Waals surface area (Å²) in [7, 11) is 1.99. The van der Waals surface area contributed by atoms with Crippen molar-refractivity contribution in [2.24, 2.45) is 7.05 Å². The van der Waals surface area contributed by atoms with Gasteiger partial charge in [-0.1, -0.05) is 5.21 Å². The molecule has 7 heteroatoms. The normalized spacial score (nSPS) is 18.5. The van der Waals surface area contributed by atoms with Crippen LogP contribution in [0, 0.1) is 6.92 Å². The highest BCUT2D eigenvalue weighted by Crippen LogP contribution is 2.14. The molecule has 0 fully saturated rings. The molecular weight excluding hydrogens is 244 g/mol. The quantitative estimate of drug-likeness (QED) is 0.840. The number of rotatable bonds is 4. The van der Waals surface area contributed by atoms with Gasteiger partial charge in [-0.25, -0.2) is 9.67 Å². The van der Waals surface area contributed by atoms with Gasteiger partial charge in [0.05, 0.1) is 37.2 Å². The molecule has 3 heterocycles. The van der Waals surface area contributed by atoms with Crippen molar-refractivity contribution in [2.75, 3.05) is 6.54 Å². The average molecular weight is 262 g/mol. The number of nitrogens with one attached hydrogen (secondary N) is 1. The predicted molar refractivity (Wildman–Crippen MR) is 68.3 cm³/mol. The molecule has 0 radical (unpaired) electrons. The molecule has 2 aromatic heterocycles. The zero-order valence-electron chi connectivity index (χ0n) is 11.2. The van der Waals surface area contributed by atoms with Crippen LogP contribution in [0.1, 0.15) is 17.2 Å². The average Bonchev–Trinajstić information content (AvgIpc) is 2.97. The number of hydrogen-bond donors (Lipinski definition) is 1. The molecule has 0 saturated heterocycles. The minimum absolute atomic E-state index is 0.133. The standard InChI is InChI=1S/C12H18N6O/c1-9-11-8-19-10(7-18(11)16-15-9)5-13-6-12-14-3-4-17(12)2/h3-4,10,13H,5-8H2,1-2H3/t10-/m1/s1. The molecule has 0 bridgehead atoms. The summed E-state index contributed by atoms with van der Waals surface area (Å²) in [5.41, 5.74) is 2.04. The van der Waals surface area contributed by atoms with Gasteiger partial charge in [0.15, 0.2) is 0 Å². The summed E-state index contributed by atoms with van der Waals surface area (Å²) in [5, 5.41) is 11.6. The summed E-state index contributed by atoms with van der Waals surface area (Å²) < 4.78 is 9.75. The first-order chi connectivity index (χ1) is 9.24. The van der Waals surface area contributed by atoms with Crippen LogP contribution in [0.4, 0.5) is 0 Å². The first-order valence-electron chi connectivity index (χ1n) is 6.41. The van der Waals surface area contributed by atoms with E-state index in [0.717, 1.165) is 36.8 Å². The molecule has 1 atom stereocenters. The fourth-order valence-electron chi connectivity index (χ4n) is 2.22. The number of aromatic nitrogens is 5. The molecule has 1 aliphatic heterocycles. The van der Waals surface area contributed by atoms with Crippen molar-refractivity contribution in [1.29, 1.82) is 0 Å². The third-order valence-corrected chi connectivity index (χ3v) is 3.44. The van der Waals surface area contributed by atoms with Crippen molar-refractivity contribution >= 4 is 0 Å². The maximum absolute atomic E-state index is 5.80. The van der Waals surface area contributed by atoms with Crippen molar-refractivity contribution in [2.45, 2.75) is 32.7 Å². The topological polar surface area (TPSA) is 69.8 Å². The lowest BCUT2D eigenvalue weighted by atomic mass is 10.2. The summed E-state index contributed by atoms with van der Waals surface area (Å²) in [6, 6.07) is 0. The molecule has 0 aliphatic carbocycles. The molecule has 1 aliphatic rings. The summed E-state index contributed by atoms with van der Waals surface area (Å²) in [5.74, 6) is 1.02. The summed E-state index contributed by atoms with van der Waals surface area (Å²) in [6.07, 6.45) is 3.88. The number of aryl methyl sites for hydroxylation is 2. The summed E-state index contributed by atoms with van der Waals surface area (Å²) in [6.45, 7) is 4.83. The Morgan fingerprint density at radius 3 is 3.21 bits per heavy atom. The second-order valence-electron chi connectivity index (χ2n) is 4.82. The molecule has 19 heavy (non-hydrogen) atoms. The van der Waals surface area contributed by atoms with Crippen molar-refractivity contribution in [3.8, 4) is 0 Å². The highest BCUT2D eigenvalue weighted by Gasteiger charge is 2.21. The lowest BCUT2D eigenvalue weighted by Gasteiger charge is -2.24. The predicted octanol–water partition coefficient (Wildman–Crippen LogP) is 0.00862. The SMILES string of the molecule is Cc1nnn2c1CO[C@H](CNCc1nccn1C)C2. The fourth-order valence-corrected chi connectivity index (χ4v) is 2.22. The minimum Gasteiger partial charge on any atom is -0.369 e. The molecule has 1 N–H and O–H groups in total. The van der Waals surface area contributed by atoms with Gasteiger partial charge in [0.25, 0.3) is 0 Å². The van der Waals surface area contributed by atoms with Gasteiger partial charge in [0.2, 0.25) is 0 Å². The second-order valence-corrected chi connectivity index (χ2v) is 4.82. The largest absolute Gasteiger partial charge is 0.369 e. The fraction of sp³-hybridized carbons (Fsp3) is 0.583. The van der Waals surface area contributed by atoms with Gasteiger partial charge in [-0.15, -0.1) is 5.10 Å². The van der Waals surface area contributed by atoms with Gasteiger partial charge < -0.3 is 14.6 Å². The van der Waals surface area contributed by atoms with Gasteiger partial charge in [0.1, 0.15) is 5.82 Å². The van der Waals surface area contributed by atoms with E-state index in [-0.39, 0.29) is 6.10 Å². The third-order valence-electron chi connectivity index (χ3n) is 3.44. The Kier molecular flexibility index (Phi) is 3.31. The van der Waals surface area contributed by atoms with Crippen molar-refractivity contribution in [1.82, 2.24) is 29.9 Å². The Morgan fingerprint density at radius 2 is 2.42 bits per heavy atom. The number of nitrogens with zero attached hydrogens (tertiary/aromatic N) is 5. The van der Waals surface area contributed by atoms with Crippen LogP contribution in [-0.2, 0) is 31.5 Å².